The molecule has 0 bridgehead atoms. The first-order valence-electron chi connectivity index (χ1n) is 8.50. The van der Waals surface area contributed by atoms with Gasteiger partial charge in [0, 0.05) is 16.6 Å². The van der Waals surface area contributed by atoms with Crippen LogP contribution < -0.4 is 10.6 Å². The smallest absolute Gasteiger partial charge is 0.230 e. The highest BCUT2D eigenvalue weighted by molar-refractivity contribution is 8.01. The predicted molar refractivity (Wildman–Crippen MR) is 108 cm³/mol. The third-order valence-corrected chi connectivity index (χ3v) is 6.13. The highest BCUT2D eigenvalue weighted by Gasteiger charge is 2.22. The minimum Gasteiger partial charge on any atom is -0.459 e. The van der Waals surface area contributed by atoms with Gasteiger partial charge in [-0.3, -0.25) is 4.79 Å². The molecule has 1 aliphatic rings. The summed E-state index contributed by atoms with van der Waals surface area (Å²) in [4.78, 5) is 12.1. The molecule has 2 N–H and O–H groups in total. The largest absolute Gasteiger partial charge is 0.459 e. The molecule has 2 heterocycles. The van der Waals surface area contributed by atoms with Crippen LogP contribution in [0.1, 0.15) is 18.6 Å². The van der Waals surface area contributed by atoms with Gasteiger partial charge >= 0.3 is 0 Å². The van der Waals surface area contributed by atoms with E-state index in [4.69, 9.17) is 16.0 Å². The SMILES string of the molecule is O=C(CSc1nnc(NC2CC2)s1)NCc1ccc(-c2ccc(Cl)cc2)o1. The van der Waals surface area contributed by atoms with Crippen LogP contribution in [-0.4, -0.2) is 27.9 Å². The number of aromatic nitrogens is 2. The standard InChI is InChI=1S/C18H17ClN4O2S2/c19-12-3-1-11(2-4-12)15-8-7-14(25-15)9-20-16(24)10-26-18-23-22-17(27-18)21-13-5-6-13/h1-4,7-8,13H,5-6,9-10H2,(H,20,24)(H,21,22). The van der Waals surface area contributed by atoms with E-state index in [-0.39, 0.29) is 5.91 Å². The number of halogens is 1. The molecule has 0 atom stereocenters. The summed E-state index contributed by atoms with van der Waals surface area (Å²) < 4.78 is 6.56. The lowest BCUT2D eigenvalue weighted by atomic mass is 10.2. The van der Waals surface area contributed by atoms with Gasteiger partial charge in [-0.05, 0) is 49.2 Å². The number of benzene rings is 1. The molecule has 9 heteroatoms. The molecule has 0 spiro atoms. The topological polar surface area (TPSA) is 80.0 Å². The minimum absolute atomic E-state index is 0.0728. The number of nitrogens with one attached hydrogen (secondary N) is 2. The Hall–Kier alpha value is -2.03. The second-order valence-electron chi connectivity index (χ2n) is 6.13. The molecule has 1 aliphatic carbocycles. The molecule has 1 aromatic carbocycles. The molecule has 0 saturated heterocycles. The molecular formula is C18H17ClN4O2S2. The first kappa shape index (κ1) is 18.3. The summed E-state index contributed by atoms with van der Waals surface area (Å²) in [5.74, 6) is 1.67. The molecule has 140 valence electrons. The van der Waals surface area contributed by atoms with Crippen LogP contribution >= 0.6 is 34.7 Å². The van der Waals surface area contributed by atoms with Crippen molar-refractivity contribution >= 4 is 45.7 Å². The van der Waals surface area contributed by atoms with Crippen molar-refractivity contribution in [3.8, 4) is 11.3 Å². The molecule has 1 saturated carbocycles. The lowest BCUT2D eigenvalue weighted by molar-refractivity contribution is -0.118. The molecule has 0 aliphatic heterocycles. The molecule has 3 aromatic rings. The summed E-state index contributed by atoms with van der Waals surface area (Å²) in [5, 5.41) is 15.8. The average Bonchev–Trinajstić information content (AvgIpc) is 3.17. The van der Waals surface area contributed by atoms with Crippen molar-refractivity contribution in [3.05, 3.63) is 47.2 Å². The van der Waals surface area contributed by atoms with Crippen LogP contribution in [0.2, 0.25) is 5.02 Å². The Labute approximate surface area is 169 Å². The van der Waals surface area contributed by atoms with Gasteiger partial charge in [-0.25, -0.2) is 0 Å². The van der Waals surface area contributed by atoms with Gasteiger partial charge in [-0.2, -0.15) is 0 Å². The van der Waals surface area contributed by atoms with Gasteiger partial charge in [0.1, 0.15) is 11.5 Å². The maximum Gasteiger partial charge on any atom is 0.230 e. The second kappa shape index (κ2) is 8.33. The summed E-state index contributed by atoms with van der Waals surface area (Å²) in [6.07, 6.45) is 2.38. The number of amides is 1. The van der Waals surface area contributed by atoms with Gasteiger partial charge in [0.15, 0.2) is 4.34 Å². The summed E-state index contributed by atoms with van der Waals surface area (Å²) in [7, 11) is 0. The molecule has 2 aromatic heterocycles. The molecule has 1 fully saturated rings. The van der Waals surface area contributed by atoms with Crippen molar-refractivity contribution in [1.82, 2.24) is 15.5 Å². The van der Waals surface area contributed by atoms with Crippen molar-refractivity contribution < 1.29 is 9.21 Å². The van der Waals surface area contributed by atoms with Crippen LogP contribution in [0.4, 0.5) is 5.13 Å². The molecule has 0 unspecified atom stereocenters. The van der Waals surface area contributed by atoms with Crippen molar-refractivity contribution in [2.75, 3.05) is 11.1 Å². The van der Waals surface area contributed by atoms with Crippen LogP contribution in [-0.2, 0) is 11.3 Å². The fourth-order valence-corrected chi connectivity index (χ4v) is 4.12. The van der Waals surface area contributed by atoms with Crippen LogP contribution in [0.5, 0.6) is 0 Å². The number of carbonyl (C=O) groups excluding carboxylic acids is 1. The van der Waals surface area contributed by atoms with Crippen molar-refractivity contribution in [1.29, 1.82) is 0 Å². The van der Waals surface area contributed by atoms with Crippen molar-refractivity contribution in [2.45, 2.75) is 29.8 Å². The zero-order valence-electron chi connectivity index (χ0n) is 14.3. The Morgan fingerprint density at radius 3 is 2.81 bits per heavy atom. The Bertz CT molecular complexity index is 922. The normalized spacial score (nSPS) is 13.5. The third-order valence-electron chi connectivity index (χ3n) is 3.89. The summed E-state index contributed by atoms with van der Waals surface area (Å²) >= 11 is 8.76. The predicted octanol–water partition coefficient (Wildman–Crippen LogP) is 4.43. The van der Waals surface area contributed by atoms with E-state index >= 15 is 0 Å². The number of nitrogens with zero attached hydrogens (tertiary/aromatic N) is 2. The quantitative estimate of drug-likeness (QED) is 0.524. The van der Waals surface area contributed by atoms with Gasteiger partial charge in [0.2, 0.25) is 11.0 Å². The van der Waals surface area contributed by atoms with E-state index in [1.807, 2.05) is 36.4 Å². The first-order chi connectivity index (χ1) is 13.2. The number of hydrogen-bond acceptors (Lipinski definition) is 7. The summed E-state index contributed by atoms with van der Waals surface area (Å²) in [5.41, 5.74) is 0.944. The summed E-state index contributed by atoms with van der Waals surface area (Å²) in [6, 6.07) is 11.7. The number of carbonyl (C=O) groups is 1. The monoisotopic (exact) mass is 420 g/mol. The fourth-order valence-electron chi connectivity index (χ4n) is 2.33. The van der Waals surface area contributed by atoms with E-state index in [1.54, 1.807) is 0 Å². The highest BCUT2D eigenvalue weighted by atomic mass is 35.5. The Balaban J connectivity index is 1.23. The maximum atomic E-state index is 12.1. The van der Waals surface area contributed by atoms with E-state index in [1.165, 1.54) is 35.9 Å². The molecular weight excluding hydrogens is 404 g/mol. The summed E-state index contributed by atoms with van der Waals surface area (Å²) in [6.45, 7) is 0.345. The minimum atomic E-state index is -0.0728. The third kappa shape index (κ3) is 5.24. The van der Waals surface area contributed by atoms with Gasteiger partial charge in [-0.15, -0.1) is 10.2 Å². The van der Waals surface area contributed by atoms with E-state index in [9.17, 15) is 4.79 Å². The van der Waals surface area contributed by atoms with Crippen LogP contribution in [0.3, 0.4) is 0 Å². The van der Waals surface area contributed by atoms with E-state index in [0.717, 1.165) is 20.8 Å². The number of hydrogen-bond donors (Lipinski definition) is 2. The zero-order chi connectivity index (χ0) is 18.6. The molecule has 27 heavy (non-hydrogen) atoms. The van der Waals surface area contributed by atoms with E-state index < -0.39 is 0 Å². The Morgan fingerprint density at radius 2 is 2.04 bits per heavy atom. The van der Waals surface area contributed by atoms with Gasteiger partial charge in [-0.1, -0.05) is 34.7 Å². The van der Waals surface area contributed by atoms with E-state index in [2.05, 4.69) is 20.8 Å². The molecule has 0 radical (unpaired) electrons. The lowest BCUT2D eigenvalue weighted by Gasteiger charge is -2.02. The first-order valence-corrected chi connectivity index (χ1v) is 10.7. The van der Waals surface area contributed by atoms with Gasteiger partial charge < -0.3 is 15.1 Å². The van der Waals surface area contributed by atoms with Crippen LogP contribution in [0, 0.1) is 0 Å². The van der Waals surface area contributed by atoms with Crippen LogP contribution in [0.25, 0.3) is 11.3 Å². The second-order valence-corrected chi connectivity index (χ2v) is 8.77. The number of furan rings is 1. The zero-order valence-corrected chi connectivity index (χ0v) is 16.7. The highest BCUT2D eigenvalue weighted by Crippen LogP contribution is 2.30. The maximum absolute atomic E-state index is 12.1. The lowest BCUT2D eigenvalue weighted by Crippen LogP contribution is -2.24. The van der Waals surface area contributed by atoms with Crippen LogP contribution in [0.15, 0.2) is 45.2 Å². The van der Waals surface area contributed by atoms with E-state index in [0.29, 0.717) is 29.1 Å². The molecule has 4 rings (SSSR count). The molecule has 6 nitrogen and oxygen atoms in total. The van der Waals surface area contributed by atoms with Gasteiger partial charge in [0.05, 0.1) is 12.3 Å². The average molecular weight is 421 g/mol. The van der Waals surface area contributed by atoms with Crippen molar-refractivity contribution in [2.24, 2.45) is 0 Å². The Kier molecular flexibility index (Phi) is 5.66. The fraction of sp³-hybridized carbons (Fsp3) is 0.278. The number of anilines is 1. The number of thioether (sulfide) groups is 1. The molecule has 1 amide bonds. The number of rotatable bonds is 8. The van der Waals surface area contributed by atoms with Gasteiger partial charge in [0.25, 0.3) is 0 Å². The van der Waals surface area contributed by atoms with Crippen molar-refractivity contribution in [3.63, 3.8) is 0 Å². The Morgan fingerprint density at radius 1 is 1.22 bits per heavy atom.